The largest absolute Gasteiger partial charge is 0.457 e. The van der Waals surface area contributed by atoms with Crippen molar-refractivity contribution < 1.29 is 12.1 Å². The van der Waals surface area contributed by atoms with Gasteiger partial charge in [0.15, 0.2) is 0 Å². The predicted octanol–water partition coefficient (Wildman–Crippen LogP) is 3.37. The maximum absolute atomic E-state index is 8.21. The predicted molar refractivity (Wildman–Crippen MR) is 69.8 cm³/mol. The SMILES string of the molecule is [2H]C([2H])(B1O[C@@H]2C[C@@H]3C[C@@H](C3(C)C)[C@]2(C)O1)C(C)C. The molecule has 0 amide bonds. The highest BCUT2D eigenvalue weighted by atomic mass is 16.7. The normalized spacial score (nSPS) is 49.5. The van der Waals surface area contributed by atoms with Gasteiger partial charge in [0, 0.05) is 2.74 Å². The van der Waals surface area contributed by atoms with Crippen LogP contribution in [0.5, 0.6) is 0 Å². The van der Waals surface area contributed by atoms with Gasteiger partial charge in [-0.15, -0.1) is 0 Å². The lowest BCUT2D eigenvalue weighted by atomic mass is 9.43. The Hall–Kier alpha value is -0.0151. The lowest BCUT2D eigenvalue weighted by Gasteiger charge is -2.64. The molecule has 0 aromatic carbocycles. The van der Waals surface area contributed by atoms with Crippen molar-refractivity contribution in [2.75, 3.05) is 0 Å². The minimum Gasteiger partial charge on any atom is -0.405 e. The van der Waals surface area contributed by atoms with Crippen LogP contribution in [0.1, 0.15) is 50.2 Å². The Balaban J connectivity index is 1.85. The highest BCUT2D eigenvalue weighted by molar-refractivity contribution is 6.45. The molecule has 2 bridgehead atoms. The molecule has 4 fully saturated rings. The van der Waals surface area contributed by atoms with Gasteiger partial charge in [-0.3, -0.25) is 0 Å². The Bertz CT molecular complexity index is 399. The van der Waals surface area contributed by atoms with E-state index in [2.05, 4.69) is 20.8 Å². The third-order valence-electron chi connectivity index (χ3n) is 5.42. The van der Waals surface area contributed by atoms with E-state index in [4.69, 9.17) is 12.1 Å². The van der Waals surface area contributed by atoms with Crippen molar-refractivity contribution in [3.8, 4) is 0 Å². The average Bonchev–Trinajstić information content (AvgIpc) is 2.65. The van der Waals surface area contributed by atoms with Crippen LogP contribution in [0.3, 0.4) is 0 Å². The number of hydrogen-bond donors (Lipinski definition) is 0. The number of rotatable bonds is 2. The first-order valence-corrected chi connectivity index (χ1v) is 6.93. The quantitative estimate of drug-likeness (QED) is 0.686. The van der Waals surface area contributed by atoms with Gasteiger partial charge in [-0.25, -0.2) is 0 Å². The van der Waals surface area contributed by atoms with E-state index in [1.807, 2.05) is 13.8 Å². The number of hydrogen-bond acceptors (Lipinski definition) is 2. The molecule has 4 atom stereocenters. The minimum atomic E-state index is -1.42. The Kier molecular flexibility index (Phi) is 2.03. The molecule has 0 N–H and O–H groups in total. The second-order valence-electron chi connectivity index (χ2n) is 7.12. The van der Waals surface area contributed by atoms with Gasteiger partial charge in [0.25, 0.3) is 0 Å². The first-order chi connectivity index (χ1) is 8.60. The highest BCUT2D eigenvalue weighted by Gasteiger charge is 2.67. The minimum absolute atomic E-state index is 0.0723. The smallest absolute Gasteiger partial charge is 0.405 e. The Morgan fingerprint density at radius 1 is 1.35 bits per heavy atom. The van der Waals surface area contributed by atoms with E-state index in [-0.39, 0.29) is 17.6 Å². The molecule has 0 radical (unpaired) electrons. The maximum Gasteiger partial charge on any atom is 0.457 e. The molecule has 17 heavy (non-hydrogen) atoms. The third kappa shape index (κ3) is 1.54. The zero-order chi connectivity index (χ0) is 14.2. The average molecular weight is 238 g/mol. The molecule has 0 aromatic rings. The van der Waals surface area contributed by atoms with E-state index in [9.17, 15) is 0 Å². The van der Waals surface area contributed by atoms with E-state index in [1.54, 1.807) is 0 Å². The van der Waals surface area contributed by atoms with Gasteiger partial charge >= 0.3 is 7.12 Å². The Morgan fingerprint density at radius 2 is 2.06 bits per heavy atom. The topological polar surface area (TPSA) is 18.5 Å². The molecule has 4 rings (SSSR count). The summed E-state index contributed by atoms with van der Waals surface area (Å²) in [5, 5.41) is 0. The third-order valence-corrected chi connectivity index (χ3v) is 5.42. The van der Waals surface area contributed by atoms with E-state index in [1.165, 1.54) is 6.42 Å². The zero-order valence-electron chi connectivity index (χ0n) is 13.6. The summed E-state index contributed by atoms with van der Waals surface area (Å²) in [4.78, 5) is 0. The zero-order valence-corrected chi connectivity index (χ0v) is 11.6. The molecule has 1 heterocycles. The molecule has 1 aliphatic heterocycles. The fourth-order valence-corrected chi connectivity index (χ4v) is 4.21. The summed E-state index contributed by atoms with van der Waals surface area (Å²) in [6, 6.07) is 0. The van der Waals surface area contributed by atoms with Crippen LogP contribution < -0.4 is 0 Å². The van der Waals surface area contributed by atoms with Gasteiger partial charge in [0.1, 0.15) is 0 Å². The van der Waals surface area contributed by atoms with Gasteiger partial charge < -0.3 is 9.31 Å². The van der Waals surface area contributed by atoms with Crippen LogP contribution in [0.15, 0.2) is 0 Å². The molecule has 3 saturated carbocycles. The first kappa shape index (κ1) is 9.86. The van der Waals surface area contributed by atoms with Gasteiger partial charge in [-0.05, 0) is 49.2 Å². The molecule has 1 saturated heterocycles. The monoisotopic (exact) mass is 238 g/mol. The Labute approximate surface area is 108 Å². The molecule has 0 unspecified atom stereocenters. The van der Waals surface area contributed by atoms with Crippen molar-refractivity contribution in [2.24, 2.45) is 23.2 Å². The molecule has 3 aliphatic carbocycles. The second kappa shape index (κ2) is 3.51. The van der Waals surface area contributed by atoms with Crippen LogP contribution in [0.4, 0.5) is 0 Å². The van der Waals surface area contributed by atoms with Crippen LogP contribution in [0, 0.1) is 23.2 Å². The fraction of sp³-hybridized carbons (Fsp3) is 1.00. The summed E-state index contributed by atoms with van der Waals surface area (Å²) in [7, 11) is -0.711. The summed E-state index contributed by atoms with van der Waals surface area (Å²) in [5.74, 6) is 1.10. The summed E-state index contributed by atoms with van der Waals surface area (Å²) in [5.41, 5.74) is 0.0131. The molecular formula is C14H25BO2. The van der Waals surface area contributed by atoms with Gasteiger partial charge in [0.05, 0.1) is 11.7 Å². The van der Waals surface area contributed by atoms with Crippen molar-refractivity contribution in [3.63, 3.8) is 0 Å². The molecule has 3 heteroatoms. The van der Waals surface area contributed by atoms with E-state index < -0.39 is 13.4 Å². The van der Waals surface area contributed by atoms with Gasteiger partial charge in [-0.2, -0.15) is 0 Å². The molecule has 0 aromatic heterocycles. The summed E-state index contributed by atoms with van der Waals surface area (Å²) in [6.07, 6.45) is 0.878. The van der Waals surface area contributed by atoms with Gasteiger partial charge in [0.2, 0.25) is 0 Å². The summed E-state index contributed by atoms with van der Waals surface area (Å²) in [6.45, 7) is 10.6. The van der Waals surface area contributed by atoms with Gasteiger partial charge in [-0.1, -0.05) is 27.7 Å². The maximum atomic E-state index is 8.21. The van der Waals surface area contributed by atoms with Crippen LogP contribution in [-0.4, -0.2) is 18.8 Å². The lowest BCUT2D eigenvalue weighted by Crippen LogP contribution is -2.65. The van der Waals surface area contributed by atoms with E-state index in [0.717, 1.165) is 6.42 Å². The van der Waals surface area contributed by atoms with Crippen LogP contribution in [0.25, 0.3) is 0 Å². The van der Waals surface area contributed by atoms with Crippen molar-refractivity contribution >= 4 is 7.12 Å². The van der Waals surface area contributed by atoms with Crippen molar-refractivity contribution in [3.05, 3.63) is 0 Å². The van der Waals surface area contributed by atoms with Crippen molar-refractivity contribution in [1.82, 2.24) is 0 Å². The summed E-state index contributed by atoms with van der Waals surface area (Å²) < 4.78 is 28.6. The fourth-order valence-electron chi connectivity index (χ4n) is 4.21. The van der Waals surface area contributed by atoms with Crippen LogP contribution in [-0.2, 0) is 9.31 Å². The lowest BCUT2D eigenvalue weighted by molar-refractivity contribution is -0.199. The van der Waals surface area contributed by atoms with E-state index >= 15 is 0 Å². The van der Waals surface area contributed by atoms with Crippen LogP contribution in [0.2, 0.25) is 6.27 Å². The van der Waals surface area contributed by atoms with Crippen molar-refractivity contribution in [2.45, 2.75) is 65.4 Å². The first-order valence-electron chi connectivity index (χ1n) is 7.93. The second-order valence-corrected chi connectivity index (χ2v) is 7.12. The Morgan fingerprint density at radius 3 is 2.65 bits per heavy atom. The highest BCUT2D eigenvalue weighted by Crippen LogP contribution is 2.65. The standard InChI is InChI=1S/C14H25BO2/c1-9(2)8-15-16-12-7-10-6-11(13(10,3)4)14(12,5)17-15/h9-12H,6-8H2,1-5H3/t10-,11-,12+,14-/m0/s1/i8D2. The van der Waals surface area contributed by atoms with Crippen molar-refractivity contribution in [1.29, 1.82) is 0 Å². The molecule has 2 nitrogen and oxygen atoms in total. The summed E-state index contributed by atoms with van der Waals surface area (Å²) >= 11 is 0. The molecule has 4 aliphatic rings. The molecular weight excluding hydrogens is 211 g/mol. The molecule has 96 valence electrons. The molecule has 0 spiro atoms. The van der Waals surface area contributed by atoms with E-state index in [0.29, 0.717) is 17.3 Å². The van der Waals surface area contributed by atoms with Crippen LogP contribution >= 0.6 is 0 Å².